The Bertz CT molecular complexity index is 660. The second-order valence-electron chi connectivity index (χ2n) is 5.60. The predicted octanol–water partition coefficient (Wildman–Crippen LogP) is 0.410. The molecule has 1 fully saturated rings. The lowest BCUT2D eigenvalue weighted by molar-refractivity contribution is -0.130. The fraction of sp³-hybridized carbons (Fsp3) is 0.467. The van der Waals surface area contributed by atoms with Crippen molar-refractivity contribution in [3.63, 3.8) is 0 Å². The number of hydrogen-bond donors (Lipinski definition) is 0. The maximum Gasteiger partial charge on any atom is 0.230 e. The minimum absolute atomic E-state index is 0.0850. The van der Waals surface area contributed by atoms with Gasteiger partial charge in [0.1, 0.15) is 0 Å². The largest absolute Gasteiger partial charge is 0.368 e. The number of hydrogen-bond acceptors (Lipinski definition) is 5. The Labute approximate surface area is 129 Å². The highest BCUT2D eigenvalue weighted by atomic mass is 16.2. The van der Waals surface area contributed by atoms with Gasteiger partial charge >= 0.3 is 0 Å². The molecule has 7 heteroatoms. The van der Waals surface area contributed by atoms with Gasteiger partial charge in [0.2, 0.25) is 5.91 Å². The molecule has 1 aromatic carbocycles. The van der Waals surface area contributed by atoms with Crippen molar-refractivity contribution in [2.24, 2.45) is 7.05 Å². The van der Waals surface area contributed by atoms with Crippen LogP contribution in [0.4, 0.5) is 5.69 Å². The van der Waals surface area contributed by atoms with Crippen LogP contribution in [-0.4, -0.2) is 57.2 Å². The Morgan fingerprint density at radius 3 is 2.64 bits per heavy atom. The van der Waals surface area contributed by atoms with E-state index in [4.69, 9.17) is 0 Å². The van der Waals surface area contributed by atoms with Gasteiger partial charge in [0.15, 0.2) is 5.82 Å². The Balaban J connectivity index is 1.57. The van der Waals surface area contributed by atoms with E-state index < -0.39 is 0 Å². The molecular weight excluding hydrogens is 280 g/mol. The van der Waals surface area contributed by atoms with E-state index in [0.717, 1.165) is 26.2 Å². The molecular formula is C15H20N6O. The summed E-state index contributed by atoms with van der Waals surface area (Å²) < 4.78 is 1.54. The van der Waals surface area contributed by atoms with Crippen LogP contribution in [0.15, 0.2) is 24.3 Å². The van der Waals surface area contributed by atoms with Gasteiger partial charge in [-0.2, -0.15) is 0 Å². The van der Waals surface area contributed by atoms with Crippen molar-refractivity contribution in [1.82, 2.24) is 25.1 Å². The lowest BCUT2D eigenvalue weighted by atomic mass is 10.2. The van der Waals surface area contributed by atoms with Crippen LogP contribution in [0.3, 0.4) is 0 Å². The smallest absolute Gasteiger partial charge is 0.230 e. The maximum absolute atomic E-state index is 12.3. The number of tetrazole rings is 1. The molecule has 0 atom stereocenters. The fourth-order valence-electron chi connectivity index (χ4n) is 2.68. The SMILES string of the molecule is Cc1cccc(N2CCN(C(=O)Cc3nnnn3C)CC2)c1. The van der Waals surface area contributed by atoms with Crippen LogP contribution < -0.4 is 4.90 Å². The van der Waals surface area contributed by atoms with Gasteiger partial charge in [-0.3, -0.25) is 4.79 Å². The summed E-state index contributed by atoms with van der Waals surface area (Å²) in [7, 11) is 1.75. The number of piperazine rings is 1. The third-order valence-electron chi connectivity index (χ3n) is 4.02. The summed E-state index contributed by atoms with van der Waals surface area (Å²) in [6.45, 7) is 5.27. The highest BCUT2D eigenvalue weighted by molar-refractivity contribution is 5.78. The highest BCUT2D eigenvalue weighted by Crippen LogP contribution is 2.18. The summed E-state index contributed by atoms with van der Waals surface area (Å²) in [5.74, 6) is 0.688. The molecule has 7 nitrogen and oxygen atoms in total. The van der Waals surface area contributed by atoms with Crippen molar-refractivity contribution in [1.29, 1.82) is 0 Å². The molecule has 0 saturated carbocycles. The number of benzene rings is 1. The summed E-state index contributed by atoms with van der Waals surface area (Å²) in [6.07, 6.45) is 0.258. The van der Waals surface area contributed by atoms with Crippen molar-refractivity contribution in [2.75, 3.05) is 31.1 Å². The first kappa shape index (κ1) is 14.5. The summed E-state index contributed by atoms with van der Waals surface area (Å²) in [5, 5.41) is 11.2. The number of carbonyl (C=O) groups excluding carboxylic acids is 1. The lowest BCUT2D eigenvalue weighted by Crippen LogP contribution is -2.49. The number of carbonyl (C=O) groups is 1. The number of nitrogens with zero attached hydrogens (tertiary/aromatic N) is 6. The van der Waals surface area contributed by atoms with E-state index in [-0.39, 0.29) is 12.3 Å². The second kappa shape index (κ2) is 6.13. The average molecular weight is 300 g/mol. The van der Waals surface area contributed by atoms with Gasteiger partial charge in [0.05, 0.1) is 6.42 Å². The lowest BCUT2D eigenvalue weighted by Gasteiger charge is -2.36. The van der Waals surface area contributed by atoms with Gasteiger partial charge in [-0.15, -0.1) is 5.10 Å². The van der Waals surface area contributed by atoms with Crippen LogP contribution >= 0.6 is 0 Å². The predicted molar refractivity (Wildman–Crippen MR) is 82.5 cm³/mol. The van der Waals surface area contributed by atoms with E-state index >= 15 is 0 Å². The van der Waals surface area contributed by atoms with Gasteiger partial charge in [-0.1, -0.05) is 12.1 Å². The first-order valence-corrected chi connectivity index (χ1v) is 7.44. The van der Waals surface area contributed by atoms with E-state index in [1.165, 1.54) is 11.3 Å². The van der Waals surface area contributed by atoms with Crippen molar-refractivity contribution in [3.8, 4) is 0 Å². The summed E-state index contributed by atoms with van der Waals surface area (Å²) >= 11 is 0. The molecule has 1 saturated heterocycles. The molecule has 0 spiro atoms. The van der Waals surface area contributed by atoms with Crippen LogP contribution in [0.2, 0.25) is 0 Å². The highest BCUT2D eigenvalue weighted by Gasteiger charge is 2.22. The molecule has 0 N–H and O–H groups in total. The standard InChI is InChI=1S/C15H20N6O/c1-12-4-3-5-13(10-12)20-6-8-21(9-7-20)15(22)11-14-16-17-18-19(14)2/h3-5,10H,6-9,11H2,1-2H3. The molecule has 2 aromatic rings. The van der Waals surface area contributed by atoms with Gasteiger partial charge in [-0.25, -0.2) is 4.68 Å². The molecule has 2 heterocycles. The van der Waals surface area contributed by atoms with Crippen LogP contribution in [0.25, 0.3) is 0 Å². The Kier molecular flexibility index (Phi) is 4.04. The molecule has 1 aliphatic rings. The molecule has 1 aromatic heterocycles. The molecule has 0 bridgehead atoms. The first-order valence-electron chi connectivity index (χ1n) is 7.44. The number of amides is 1. The summed E-state index contributed by atoms with van der Waals surface area (Å²) in [5.41, 5.74) is 2.48. The Morgan fingerprint density at radius 1 is 1.23 bits per heavy atom. The molecule has 0 radical (unpaired) electrons. The van der Waals surface area contributed by atoms with Gasteiger partial charge in [0, 0.05) is 38.9 Å². The third kappa shape index (κ3) is 3.08. The van der Waals surface area contributed by atoms with E-state index in [2.05, 4.69) is 51.6 Å². The van der Waals surface area contributed by atoms with Gasteiger partial charge < -0.3 is 9.80 Å². The van der Waals surface area contributed by atoms with Crippen molar-refractivity contribution in [2.45, 2.75) is 13.3 Å². The monoisotopic (exact) mass is 300 g/mol. The number of aromatic nitrogens is 4. The average Bonchev–Trinajstić information content (AvgIpc) is 2.92. The first-order chi connectivity index (χ1) is 10.6. The van der Waals surface area contributed by atoms with Crippen molar-refractivity contribution < 1.29 is 4.79 Å². The number of anilines is 1. The summed E-state index contributed by atoms with van der Waals surface area (Å²) in [6, 6.07) is 8.47. The fourth-order valence-corrected chi connectivity index (χ4v) is 2.68. The molecule has 116 valence electrons. The zero-order valence-corrected chi connectivity index (χ0v) is 12.9. The minimum atomic E-state index is 0.0850. The zero-order chi connectivity index (χ0) is 15.5. The van der Waals surface area contributed by atoms with Gasteiger partial charge in [-0.05, 0) is 35.0 Å². The molecule has 1 amide bonds. The Hall–Kier alpha value is -2.44. The zero-order valence-electron chi connectivity index (χ0n) is 12.9. The minimum Gasteiger partial charge on any atom is -0.368 e. The van der Waals surface area contributed by atoms with Crippen LogP contribution in [0, 0.1) is 6.92 Å². The van der Waals surface area contributed by atoms with Crippen LogP contribution in [-0.2, 0) is 18.3 Å². The normalized spacial score (nSPS) is 15.2. The summed E-state index contributed by atoms with van der Waals surface area (Å²) in [4.78, 5) is 16.5. The topological polar surface area (TPSA) is 67.2 Å². The number of rotatable bonds is 3. The molecule has 1 aliphatic heterocycles. The molecule has 22 heavy (non-hydrogen) atoms. The van der Waals surface area contributed by atoms with E-state index in [0.29, 0.717) is 5.82 Å². The third-order valence-corrected chi connectivity index (χ3v) is 4.02. The van der Waals surface area contributed by atoms with Crippen molar-refractivity contribution in [3.05, 3.63) is 35.7 Å². The van der Waals surface area contributed by atoms with Gasteiger partial charge in [0.25, 0.3) is 0 Å². The number of aryl methyl sites for hydroxylation is 2. The maximum atomic E-state index is 12.3. The van der Waals surface area contributed by atoms with Crippen molar-refractivity contribution >= 4 is 11.6 Å². The molecule has 3 rings (SSSR count). The second-order valence-corrected chi connectivity index (χ2v) is 5.60. The van der Waals surface area contributed by atoms with E-state index in [1.807, 2.05) is 4.90 Å². The molecule has 0 unspecified atom stereocenters. The van der Waals surface area contributed by atoms with E-state index in [9.17, 15) is 4.79 Å². The molecule has 0 aliphatic carbocycles. The van der Waals surface area contributed by atoms with E-state index in [1.54, 1.807) is 11.7 Å². The quantitative estimate of drug-likeness (QED) is 0.821. The van der Waals surface area contributed by atoms with Crippen LogP contribution in [0.5, 0.6) is 0 Å². The Morgan fingerprint density at radius 2 is 2.00 bits per heavy atom. The van der Waals surface area contributed by atoms with Crippen LogP contribution in [0.1, 0.15) is 11.4 Å².